The Kier molecular flexibility index (Phi) is 3.83. The molecule has 0 N–H and O–H groups in total. The third-order valence-corrected chi connectivity index (χ3v) is 3.14. The van der Waals surface area contributed by atoms with Crippen LogP contribution >= 0.6 is 11.6 Å². The molecule has 0 spiro atoms. The lowest BCUT2D eigenvalue weighted by Crippen LogP contribution is -2.02. The highest BCUT2D eigenvalue weighted by Crippen LogP contribution is 2.19. The summed E-state index contributed by atoms with van der Waals surface area (Å²) in [7, 11) is 0. The van der Waals surface area contributed by atoms with Crippen LogP contribution in [0.15, 0.2) is 48.5 Å². The summed E-state index contributed by atoms with van der Waals surface area (Å²) in [4.78, 5) is 12.3. The molecule has 0 bridgehead atoms. The summed E-state index contributed by atoms with van der Waals surface area (Å²) >= 11 is 5.91. The number of ketones is 1. The second kappa shape index (κ2) is 5.36. The average Bonchev–Trinajstić information content (AvgIpc) is 2.38. The van der Waals surface area contributed by atoms with E-state index in [0.29, 0.717) is 22.1 Å². The van der Waals surface area contributed by atoms with Gasteiger partial charge in [-0.3, -0.25) is 4.79 Å². The Bertz CT molecular complexity index is 573. The smallest absolute Gasteiger partial charge is 0.193 e. The van der Waals surface area contributed by atoms with Crippen molar-refractivity contribution in [2.24, 2.45) is 0 Å². The number of rotatable bonds is 3. The summed E-state index contributed by atoms with van der Waals surface area (Å²) in [6.07, 6.45) is 0. The first-order chi connectivity index (χ1) is 8.58. The zero-order valence-electron chi connectivity index (χ0n) is 10.5. The Labute approximate surface area is 112 Å². The van der Waals surface area contributed by atoms with Crippen LogP contribution in [0, 0.1) is 0 Å². The van der Waals surface area contributed by atoms with Crippen molar-refractivity contribution in [1.82, 2.24) is 0 Å². The Balaban J connectivity index is 2.37. The topological polar surface area (TPSA) is 17.1 Å². The molecule has 0 unspecified atom stereocenters. The quantitative estimate of drug-likeness (QED) is 0.730. The average molecular weight is 259 g/mol. The molecule has 0 aliphatic heterocycles. The van der Waals surface area contributed by atoms with Gasteiger partial charge in [0.1, 0.15) is 0 Å². The molecular weight excluding hydrogens is 244 g/mol. The fourth-order valence-corrected chi connectivity index (χ4v) is 2.03. The highest BCUT2D eigenvalue weighted by atomic mass is 35.5. The molecule has 0 amide bonds. The largest absolute Gasteiger partial charge is 0.289 e. The fraction of sp³-hybridized carbons (Fsp3) is 0.188. The molecular formula is C16H15ClO. The number of halogens is 1. The second-order valence-corrected chi connectivity index (χ2v) is 5.06. The van der Waals surface area contributed by atoms with Crippen LogP contribution in [0.5, 0.6) is 0 Å². The predicted octanol–water partition coefficient (Wildman–Crippen LogP) is 4.69. The monoisotopic (exact) mass is 258 g/mol. The van der Waals surface area contributed by atoms with Crippen molar-refractivity contribution < 1.29 is 4.79 Å². The van der Waals surface area contributed by atoms with Crippen molar-refractivity contribution >= 4 is 17.4 Å². The number of benzene rings is 2. The molecule has 0 radical (unpaired) electrons. The third kappa shape index (κ3) is 2.80. The SMILES string of the molecule is CC(C)c1cccc(C(=O)c2cccc(Cl)c2)c1. The van der Waals surface area contributed by atoms with Crippen LogP contribution in [0.3, 0.4) is 0 Å². The molecule has 0 heterocycles. The molecule has 2 heteroatoms. The minimum Gasteiger partial charge on any atom is -0.289 e. The van der Waals surface area contributed by atoms with Crippen molar-refractivity contribution in [1.29, 1.82) is 0 Å². The molecule has 18 heavy (non-hydrogen) atoms. The first-order valence-electron chi connectivity index (χ1n) is 5.98. The Hall–Kier alpha value is -1.60. The van der Waals surface area contributed by atoms with E-state index < -0.39 is 0 Å². The molecule has 2 rings (SSSR count). The normalized spacial score (nSPS) is 10.7. The number of hydrogen-bond donors (Lipinski definition) is 0. The standard InChI is InChI=1S/C16H15ClO/c1-11(2)12-5-3-6-13(9-12)16(18)14-7-4-8-15(17)10-14/h3-11H,1-2H3. The van der Waals surface area contributed by atoms with Crippen molar-refractivity contribution in [2.75, 3.05) is 0 Å². The molecule has 0 fully saturated rings. The highest BCUT2D eigenvalue weighted by molar-refractivity contribution is 6.31. The summed E-state index contributed by atoms with van der Waals surface area (Å²) in [6, 6.07) is 14.8. The van der Waals surface area contributed by atoms with E-state index in [1.165, 1.54) is 5.56 Å². The zero-order valence-corrected chi connectivity index (χ0v) is 11.2. The number of carbonyl (C=O) groups is 1. The molecule has 0 aliphatic carbocycles. The number of carbonyl (C=O) groups excluding carboxylic acids is 1. The van der Waals surface area contributed by atoms with Gasteiger partial charge in [0.25, 0.3) is 0 Å². The number of hydrogen-bond acceptors (Lipinski definition) is 1. The van der Waals surface area contributed by atoms with Crippen LogP contribution in [0.1, 0.15) is 41.3 Å². The van der Waals surface area contributed by atoms with Gasteiger partial charge in [0.2, 0.25) is 0 Å². The maximum Gasteiger partial charge on any atom is 0.193 e. The summed E-state index contributed by atoms with van der Waals surface area (Å²) in [5, 5.41) is 0.584. The van der Waals surface area contributed by atoms with Crippen LogP contribution in [0.25, 0.3) is 0 Å². The van der Waals surface area contributed by atoms with Crippen LogP contribution < -0.4 is 0 Å². The molecule has 0 aliphatic rings. The van der Waals surface area contributed by atoms with Gasteiger partial charge in [-0.2, -0.15) is 0 Å². The van der Waals surface area contributed by atoms with Crippen molar-refractivity contribution in [3.8, 4) is 0 Å². The van der Waals surface area contributed by atoms with E-state index >= 15 is 0 Å². The van der Waals surface area contributed by atoms with Crippen LogP contribution in [-0.2, 0) is 0 Å². The molecule has 0 saturated heterocycles. The summed E-state index contributed by atoms with van der Waals surface area (Å²) in [5.74, 6) is 0.428. The van der Waals surface area contributed by atoms with Crippen LogP contribution in [-0.4, -0.2) is 5.78 Å². The van der Waals surface area contributed by atoms with Crippen molar-refractivity contribution in [2.45, 2.75) is 19.8 Å². The first-order valence-corrected chi connectivity index (χ1v) is 6.36. The van der Waals surface area contributed by atoms with Crippen LogP contribution in [0.2, 0.25) is 5.02 Å². The lowest BCUT2D eigenvalue weighted by Gasteiger charge is -2.07. The first kappa shape index (κ1) is 12.8. The Morgan fingerprint density at radius 2 is 1.61 bits per heavy atom. The van der Waals surface area contributed by atoms with E-state index in [1.54, 1.807) is 24.3 Å². The molecule has 2 aromatic carbocycles. The third-order valence-electron chi connectivity index (χ3n) is 2.90. The minimum atomic E-state index is 0.0139. The lowest BCUT2D eigenvalue weighted by molar-refractivity contribution is 0.103. The van der Waals surface area contributed by atoms with Crippen molar-refractivity contribution in [3.05, 3.63) is 70.2 Å². The van der Waals surface area contributed by atoms with E-state index in [2.05, 4.69) is 13.8 Å². The van der Waals surface area contributed by atoms with Crippen molar-refractivity contribution in [3.63, 3.8) is 0 Å². The van der Waals surface area contributed by atoms with E-state index in [4.69, 9.17) is 11.6 Å². The van der Waals surface area contributed by atoms with E-state index in [1.807, 2.05) is 24.3 Å². The molecule has 0 aromatic heterocycles. The van der Waals surface area contributed by atoms with Gasteiger partial charge in [-0.15, -0.1) is 0 Å². The fourth-order valence-electron chi connectivity index (χ4n) is 1.84. The maximum absolute atomic E-state index is 12.3. The van der Waals surface area contributed by atoms with Gasteiger partial charge in [-0.1, -0.05) is 55.8 Å². The summed E-state index contributed by atoms with van der Waals surface area (Å²) in [6.45, 7) is 4.23. The zero-order chi connectivity index (χ0) is 13.1. The molecule has 92 valence electrons. The van der Waals surface area contributed by atoms with Gasteiger partial charge in [0.15, 0.2) is 5.78 Å². The maximum atomic E-state index is 12.3. The lowest BCUT2D eigenvalue weighted by atomic mass is 9.97. The van der Waals surface area contributed by atoms with E-state index in [0.717, 1.165) is 0 Å². The van der Waals surface area contributed by atoms with Gasteiger partial charge < -0.3 is 0 Å². The van der Waals surface area contributed by atoms with Gasteiger partial charge in [-0.25, -0.2) is 0 Å². The summed E-state index contributed by atoms with van der Waals surface area (Å²) < 4.78 is 0. The molecule has 0 atom stereocenters. The van der Waals surface area contributed by atoms with E-state index in [-0.39, 0.29) is 5.78 Å². The predicted molar refractivity (Wildman–Crippen MR) is 75.4 cm³/mol. The van der Waals surface area contributed by atoms with Crippen LogP contribution in [0.4, 0.5) is 0 Å². The van der Waals surface area contributed by atoms with E-state index in [9.17, 15) is 4.79 Å². The second-order valence-electron chi connectivity index (χ2n) is 4.62. The Morgan fingerprint density at radius 3 is 2.22 bits per heavy atom. The molecule has 1 nitrogen and oxygen atoms in total. The highest BCUT2D eigenvalue weighted by Gasteiger charge is 2.10. The minimum absolute atomic E-state index is 0.0139. The Morgan fingerprint density at radius 1 is 1.00 bits per heavy atom. The van der Waals surface area contributed by atoms with Gasteiger partial charge in [-0.05, 0) is 29.7 Å². The molecule has 2 aromatic rings. The summed E-state index contributed by atoms with van der Waals surface area (Å²) in [5.41, 5.74) is 2.51. The molecule has 0 saturated carbocycles. The van der Waals surface area contributed by atoms with Gasteiger partial charge in [0, 0.05) is 16.1 Å². The van der Waals surface area contributed by atoms with Gasteiger partial charge >= 0.3 is 0 Å². The van der Waals surface area contributed by atoms with Gasteiger partial charge in [0.05, 0.1) is 0 Å².